The highest BCUT2D eigenvalue weighted by Gasteiger charge is 2.15. The number of thiophene rings is 1. The smallest absolute Gasteiger partial charge is 0.271 e. The molecule has 1 aromatic heterocycles. The van der Waals surface area contributed by atoms with E-state index >= 15 is 0 Å². The molecule has 21 heavy (non-hydrogen) atoms. The normalized spacial score (nSPS) is 11.6. The van der Waals surface area contributed by atoms with Crippen molar-refractivity contribution in [2.24, 2.45) is 0 Å². The molecule has 0 aliphatic heterocycles. The molecule has 0 amide bonds. The number of hydrogen-bond acceptors (Lipinski definition) is 4. The van der Waals surface area contributed by atoms with Gasteiger partial charge in [-0.05, 0) is 56.5 Å². The molecule has 1 heterocycles. The molecule has 0 fully saturated rings. The first-order valence-corrected chi connectivity index (χ1v) is 9.23. The first-order valence-electron chi connectivity index (χ1n) is 6.87. The van der Waals surface area contributed by atoms with Gasteiger partial charge >= 0.3 is 0 Å². The van der Waals surface area contributed by atoms with E-state index in [0.717, 1.165) is 12.2 Å². The average molecular weight is 324 g/mol. The van der Waals surface area contributed by atoms with E-state index in [1.165, 1.54) is 11.3 Å². The highest BCUT2D eigenvalue weighted by molar-refractivity contribution is 7.94. The van der Waals surface area contributed by atoms with Gasteiger partial charge in [0.2, 0.25) is 0 Å². The fraction of sp³-hybridized carbons (Fsp3) is 0.333. The molecule has 2 rings (SSSR count). The summed E-state index contributed by atoms with van der Waals surface area (Å²) in [5, 5.41) is 1.75. The number of anilines is 2. The molecule has 0 radical (unpaired) electrons. The van der Waals surface area contributed by atoms with Crippen molar-refractivity contribution in [1.82, 2.24) is 0 Å². The van der Waals surface area contributed by atoms with E-state index in [1.807, 2.05) is 12.1 Å². The van der Waals surface area contributed by atoms with Crippen LogP contribution >= 0.6 is 11.3 Å². The van der Waals surface area contributed by atoms with Crippen molar-refractivity contribution in [2.45, 2.75) is 31.0 Å². The topological polar surface area (TPSA) is 49.4 Å². The molecule has 0 saturated carbocycles. The molecule has 0 atom stereocenters. The Morgan fingerprint density at radius 2 is 1.86 bits per heavy atom. The Bertz CT molecular complexity index is 662. The molecular weight excluding hydrogens is 304 g/mol. The number of rotatable bonds is 6. The van der Waals surface area contributed by atoms with E-state index < -0.39 is 10.0 Å². The van der Waals surface area contributed by atoms with Gasteiger partial charge in [-0.1, -0.05) is 6.07 Å². The molecule has 1 aromatic carbocycles. The summed E-state index contributed by atoms with van der Waals surface area (Å²) in [6.07, 6.45) is 0. The van der Waals surface area contributed by atoms with Crippen molar-refractivity contribution in [2.75, 3.05) is 16.2 Å². The minimum Gasteiger partial charge on any atom is -0.369 e. The minimum atomic E-state index is -3.47. The third-order valence-corrected chi connectivity index (χ3v) is 5.95. The first-order chi connectivity index (χ1) is 9.94. The van der Waals surface area contributed by atoms with E-state index in [4.69, 9.17) is 0 Å². The quantitative estimate of drug-likeness (QED) is 0.879. The molecule has 2 aromatic rings. The van der Waals surface area contributed by atoms with Crippen LogP contribution in [-0.4, -0.2) is 21.0 Å². The van der Waals surface area contributed by atoms with Crippen LogP contribution in [-0.2, 0) is 10.0 Å². The Labute approximate surface area is 130 Å². The maximum Gasteiger partial charge on any atom is 0.271 e. The maximum atomic E-state index is 12.1. The molecule has 1 N–H and O–H groups in total. The minimum absolute atomic E-state index is 0.323. The van der Waals surface area contributed by atoms with E-state index in [2.05, 4.69) is 30.4 Å². The lowest BCUT2D eigenvalue weighted by molar-refractivity contribution is 0.603. The van der Waals surface area contributed by atoms with Gasteiger partial charge in [-0.15, -0.1) is 11.3 Å². The summed E-state index contributed by atoms with van der Waals surface area (Å²) in [6, 6.07) is 11.2. The molecule has 114 valence electrons. The Morgan fingerprint density at radius 3 is 2.33 bits per heavy atom. The highest BCUT2D eigenvalue weighted by atomic mass is 32.2. The van der Waals surface area contributed by atoms with Crippen molar-refractivity contribution in [3.63, 3.8) is 0 Å². The van der Waals surface area contributed by atoms with Gasteiger partial charge in [0.25, 0.3) is 10.0 Å². The van der Waals surface area contributed by atoms with E-state index in [1.54, 1.807) is 29.6 Å². The molecule has 0 aliphatic rings. The average Bonchev–Trinajstić information content (AvgIpc) is 2.95. The van der Waals surface area contributed by atoms with Crippen LogP contribution in [0.5, 0.6) is 0 Å². The Balaban J connectivity index is 2.17. The van der Waals surface area contributed by atoms with Crippen LogP contribution in [0.3, 0.4) is 0 Å². The standard InChI is InChI=1S/C15H20N2O2S2/c1-4-17(12(2)3)14-9-7-13(8-10-14)16-21(18,19)15-6-5-11-20-15/h5-12,16H,4H2,1-3H3. The van der Waals surface area contributed by atoms with Gasteiger partial charge in [0, 0.05) is 24.0 Å². The lowest BCUT2D eigenvalue weighted by atomic mass is 10.2. The van der Waals surface area contributed by atoms with Gasteiger partial charge in [-0.25, -0.2) is 8.42 Å². The Hall–Kier alpha value is -1.53. The molecule has 0 unspecified atom stereocenters. The first kappa shape index (κ1) is 15.9. The predicted molar refractivity (Wildman–Crippen MR) is 89.7 cm³/mol. The van der Waals surface area contributed by atoms with Gasteiger partial charge in [0.15, 0.2) is 0 Å². The van der Waals surface area contributed by atoms with E-state index in [-0.39, 0.29) is 0 Å². The van der Waals surface area contributed by atoms with Crippen molar-refractivity contribution in [1.29, 1.82) is 0 Å². The Kier molecular flexibility index (Phi) is 4.90. The zero-order valence-corrected chi connectivity index (χ0v) is 14.0. The summed E-state index contributed by atoms with van der Waals surface area (Å²) in [5.74, 6) is 0. The zero-order chi connectivity index (χ0) is 15.5. The number of nitrogens with one attached hydrogen (secondary N) is 1. The predicted octanol–water partition coefficient (Wildman–Crippen LogP) is 3.78. The van der Waals surface area contributed by atoms with Crippen LogP contribution in [0, 0.1) is 0 Å². The SMILES string of the molecule is CCN(c1ccc(NS(=O)(=O)c2cccs2)cc1)C(C)C. The van der Waals surface area contributed by atoms with Crippen molar-refractivity contribution in [3.05, 3.63) is 41.8 Å². The third kappa shape index (κ3) is 3.77. The summed E-state index contributed by atoms with van der Waals surface area (Å²) in [5.41, 5.74) is 1.67. The maximum absolute atomic E-state index is 12.1. The third-order valence-electron chi connectivity index (χ3n) is 3.18. The van der Waals surface area contributed by atoms with Crippen LogP contribution in [0.25, 0.3) is 0 Å². The summed E-state index contributed by atoms with van der Waals surface area (Å²) < 4.78 is 27.2. The van der Waals surface area contributed by atoms with Crippen LogP contribution in [0.4, 0.5) is 11.4 Å². The molecular formula is C15H20N2O2S2. The van der Waals surface area contributed by atoms with Crippen LogP contribution < -0.4 is 9.62 Å². The van der Waals surface area contributed by atoms with E-state index in [9.17, 15) is 8.42 Å². The second-order valence-corrected chi connectivity index (χ2v) is 7.82. The fourth-order valence-corrected chi connectivity index (χ4v) is 4.24. The van der Waals surface area contributed by atoms with Crippen LogP contribution in [0.2, 0.25) is 0 Å². The molecule has 0 saturated heterocycles. The lowest BCUT2D eigenvalue weighted by Crippen LogP contribution is -2.30. The van der Waals surface area contributed by atoms with Crippen molar-refractivity contribution in [3.8, 4) is 0 Å². The molecule has 0 bridgehead atoms. The van der Waals surface area contributed by atoms with Crippen molar-refractivity contribution >= 4 is 32.7 Å². The zero-order valence-electron chi connectivity index (χ0n) is 12.4. The summed E-state index contributed by atoms with van der Waals surface area (Å²) in [4.78, 5) is 2.25. The van der Waals surface area contributed by atoms with Gasteiger partial charge in [0.05, 0.1) is 0 Å². The van der Waals surface area contributed by atoms with Gasteiger partial charge in [-0.3, -0.25) is 4.72 Å². The largest absolute Gasteiger partial charge is 0.369 e. The monoisotopic (exact) mass is 324 g/mol. The summed E-state index contributed by atoms with van der Waals surface area (Å²) in [6.45, 7) is 7.29. The summed E-state index contributed by atoms with van der Waals surface area (Å²) >= 11 is 1.21. The number of nitrogens with zero attached hydrogens (tertiary/aromatic N) is 1. The molecule has 6 heteroatoms. The fourth-order valence-electron chi connectivity index (χ4n) is 2.19. The van der Waals surface area contributed by atoms with Crippen molar-refractivity contribution < 1.29 is 8.42 Å². The molecule has 0 spiro atoms. The molecule has 4 nitrogen and oxygen atoms in total. The van der Waals surface area contributed by atoms with E-state index in [0.29, 0.717) is 15.9 Å². The lowest BCUT2D eigenvalue weighted by Gasteiger charge is -2.27. The number of benzene rings is 1. The second-order valence-electron chi connectivity index (χ2n) is 4.96. The van der Waals surface area contributed by atoms with Crippen LogP contribution in [0.15, 0.2) is 46.0 Å². The number of hydrogen-bond donors (Lipinski definition) is 1. The van der Waals surface area contributed by atoms with Gasteiger partial charge in [-0.2, -0.15) is 0 Å². The van der Waals surface area contributed by atoms with Gasteiger partial charge < -0.3 is 4.90 Å². The summed E-state index contributed by atoms with van der Waals surface area (Å²) in [7, 11) is -3.47. The highest BCUT2D eigenvalue weighted by Crippen LogP contribution is 2.23. The van der Waals surface area contributed by atoms with Gasteiger partial charge in [0.1, 0.15) is 4.21 Å². The number of sulfonamides is 1. The second kappa shape index (κ2) is 6.49. The van der Waals surface area contributed by atoms with Crippen LogP contribution in [0.1, 0.15) is 20.8 Å². The Morgan fingerprint density at radius 1 is 1.19 bits per heavy atom. The molecule has 0 aliphatic carbocycles.